The van der Waals surface area contributed by atoms with Crippen LogP contribution in [0.15, 0.2) is 83.3 Å². The Morgan fingerprint density at radius 3 is 2.33 bits per heavy atom. The summed E-state index contributed by atoms with van der Waals surface area (Å²) in [5.74, 6) is 0.542. The number of carbonyl (C=O) groups is 2. The van der Waals surface area contributed by atoms with E-state index in [2.05, 4.69) is 15.6 Å². The van der Waals surface area contributed by atoms with Crippen LogP contribution in [0, 0.1) is 13.8 Å². The largest absolute Gasteiger partial charge is 0.441 e. The van der Waals surface area contributed by atoms with Crippen LogP contribution in [0.2, 0.25) is 0 Å². The lowest BCUT2D eigenvalue weighted by molar-refractivity contribution is -0.115. The minimum Gasteiger partial charge on any atom is -0.441 e. The lowest BCUT2D eigenvalue weighted by Crippen LogP contribution is -2.25. The number of aromatic nitrogens is 1. The molecule has 6 nitrogen and oxygen atoms in total. The molecule has 0 radical (unpaired) electrons. The predicted molar refractivity (Wildman–Crippen MR) is 128 cm³/mol. The van der Waals surface area contributed by atoms with Crippen molar-refractivity contribution < 1.29 is 14.0 Å². The quantitative estimate of drug-likeness (QED) is 0.421. The van der Waals surface area contributed by atoms with Crippen LogP contribution in [0.25, 0.3) is 11.5 Å². The Kier molecular flexibility index (Phi) is 6.64. The lowest BCUT2D eigenvalue weighted by atomic mass is 10.1. The van der Waals surface area contributed by atoms with Gasteiger partial charge in [-0.2, -0.15) is 0 Å². The first-order valence-electron chi connectivity index (χ1n) is 10.7. The van der Waals surface area contributed by atoms with Gasteiger partial charge in [0, 0.05) is 12.1 Å². The lowest BCUT2D eigenvalue weighted by Gasteiger charge is -2.11. The second-order valence-electron chi connectivity index (χ2n) is 7.83. The maximum absolute atomic E-state index is 12.8. The number of hydrogen-bond acceptors (Lipinski definition) is 4. The van der Waals surface area contributed by atoms with E-state index in [1.54, 1.807) is 31.2 Å². The SMILES string of the molecule is Cc1ccc(CNC(=O)c2ccccc2NC(=O)Cc2nc(-c3ccccc3)oc2C)cc1. The molecule has 0 fully saturated rings. The van der Waals surface area contributed by atoms with Crippen LogP contribution in [0.1, 0.15) is 32.9 Å². The Morgan fingerprint density at radius 1 is 0.879 bits per heavy atom. The van der Waals surface area contributed by atoms with Crippen molar-refractivity contribution in [3.05, 3.63) is 107 Å². The molecule has 0 atom stereocenters. The van der Waals surface area contributed by atoms with E-state index in [1.165, 1.54) is 0 Å². The van der Waals surface area contributed by atoms with Gasteiger partial charge in [0.05, 0.1) is 23.4 Å². The van der Waals surface area contributed by atoms with E-state index in [4.69, 9.17) is 4.42 Å². The van der Waals surface area contributed by atoms with Gasteiger partial charge in [-0.1, -0.05) is 60.2 Å². The molecule has 33 heavy (non-hydrogen) atoms. The Hall–Kier alpha value is -4.19. The first-order chi connectivity index (χ1) is 16.0. The van der Waals surface area contributed by atoms with Crippen molar-refractivity contribution in [1.29, 1.82) is 0 Å². The average molecular weight is 440 g/mol. The number of hydrogen-bond donors (Lipinski definition) is 2. The third-order valence-electron chi connectivity index (χ3n) is 5.26. The molecule has 0 bridgehead atoms. The van der Waals surface area contributed by atoms with Gasteiger partial charge in [-0.05, 0) is 43.7 Å². The molecule has 4 aromatic rings. The number of rotatable bonds is 7. The summed E-state index contributed by atoms with van der Waals surface area (Å²) in [5.41, 5.74) is 4.44. The first kappa shape index (κ1) is 22.0. The van der Waals surface area contributed by atoms with Crippen molar-refractivity contribution in [3.63, 3.8) is 0 Å². The molecule has 0 saturated carbocycles. The van der Waals surface area contributed by atoms with Crippen LogP contribution in [-0.2, 0) is 17.8 Å². The molecule has 3 aromatic carbocycles. The number of aryl methyl sites for hydroxylation is 2. The van der Waals surface area contributed by atoms with Crippen LogP contribution >= 0.6 is 0 Å². The smallest absolute Gasteiger partial charge is 0.253 e. The summed E-state index contributed by atoms with van der Waals surface area (Å²) in [7, 11) is 0. The van der Waals surface area contributed by atoms with Gasteiger partial charge >= 0.3 is 0 Å². The zero-order valence-corrected chi connectivity index (χ0v) is 18.6. The minimum absolute atomic E-state index is 0.0431. The van der Waals surface area contributed by atoms with Gasteiger partial charge < -0.3 is 15.1 Å². The van der Waals surface area contributed by atoms with Gasteiger partial charge in [0.15, 0.2) is 0 Å². The van der Waals surface area contributed by atoms with E-state index in [1.807, 2.05) is 61.5 Å². The number of oxazole rings is 1. The summed E-state index contributed by atoms with van der Waals surface area (Å²) >= 11 is 0. The number of amides is 2. The minimum atomic E-state index is -0.273. The number of anilines is 1. The van der Waals surface area contributed by atoms with E-state index < -0.39 is 0 Å². The molecule has 4 rings (SSSR count). The Morgan fingerprint density at radius 2 is 1.58 bits per heavy atom. The molecule has 0 aliphatic rings. The van der Waals surface area contributed by atoms with E-state index in [0.29, 0.717) is 35.1 Å². The van der Waals surface area contributed by atoms with E-state index in [-0.39, 0.29) is 18.2 Å². The fourth-order valence-corrected chi connectivity index (χ4v) is 3.42. The molecule has 2 amide bonds. The van der Waals surface area contributed by atoms with E-state index >= 15 is 0 Å². The van der Waals surface area contributed by atoms with E-state index in [0.717, 1.165) is 16.7 Å². The highest BCUT2D eigenvalue weighted by molar-refractivity contribution is 6.04. The van der Waals surface area contributed by atoms with Crippen molar-refractivity contribution in [2.75, 3.05) is 5.32 Å². The average Bonchev–Trinajstić information content (AvgIpc) is 3.19. The molecule has 6 heteroatoms. The number of para-hydroxylation sites is 1. The normalized spacial score (nSPS) is 10.6. The highest BCUT2D eigenvalue weighted by atomic mass is 16.4. The monoisotopic (exact) mass is 439 g/mol. The van der Waals surface area contributed by atoms with Gasteiger partial charge in [0.25, 0.3) is 5.91 Å². The molecule has 0 spiro atoms. The van der Waals surface area contributed by atoms with Crippen LogP contribution in [-0.4, -0.2) is 16.8 Å². The summed E-state index contributed by atoms with van der Waals surface area (Å²) < 4.78 is 5.74. The first-order valence-corrected chi connectivity index (χ1v) is 10.7. The molecule has 2 N–H and O–H groups in total. The predicted octanol–water partition coefficient (Wildman–Crippen LogP) is 5.07. The summed E-state index contributed by atoms with van der Waals surface area (Å²) in [4.78, 5) is 30.0. The summed E-state index contributed by atoms with van der Waals surface area (Å²) in [6.45, 7) is 4.21. The zero-order chi connectivity index (χ0) is 23.2. The van der Waals surface area contributed by atoms with Crippen molar-refractivity contribution in [2.45, 2.75) is 26.8 Å². The van der Waals surface area contributed by atoms with Crippen molar-refractivity contribution in [3.8, 4) is 11.5 Å². The Balaban J connectivity index is 1.42. The molecule has 0 unspecified atom stereocenters. The fraction of sp³-hybridized carbons (Fsp3) is 0.148. The van der Waals surface area contributed by atoms with Crippen LogP contribution in [0.3, 0.4) is 0 Å². The highest BCUT2D eigenvalue weighted by Gasteiger charge is 2.17. The van der Waals surface area contributed by atoms with Crippen molar-refractivity contribution >= 4 is 17.5 Å². The number of nitrogens with zero attached hydrogens (tertiary/aromatic N) is 1. The molecule has 166 valence electrons. The molecular formula is C27H25N3O3. The van der Waals surface area contributed by atoms with Crippen molar-refractivity contribution in [1.82, 2.24) is 10.3 Å². The second kappa shape index (κ2) is 9.96. The topological polar surface area (TPSA) is 84.2 Å². The molecule has 1 heterocycles. The van der Waals surface area contributed by atoms with E-state index in [9.17, 15) is 9.59 Å². The number of carbonyl (C=O) groups excluding carboxylic acids is 2. The van der Waals surface area contributed by atoms with Gasteiger partial charge in [-0.25, -0.2) is 4.98 Å². The number of nitrogens with one attached hydrogen (secondary N) is 2. The molecule has 1 aromatic heterocycles. The number of benzene rings is 3. The van der Waals surface area contributed by atoms with Gasteiger partial charge in [-0.3, -0.25) is 9.59 Å². The molecule has 0 saturated heterocycles. The maximum atomic E-state index is 12.8. The van der Waals surface area contributed by atoms with Crippen molar-refractivity contribution in [2.24, 2.45) is 0 Å². The third kappa shape index (κ3) is 5.54. The van der Waals surface area contributed by atoms with Gasteiger partial charge in [0.2, 0.25) is 11.8 Å². The van der Waals surface area contributed by atoms with Gasteiger partial charge in [-0.15, -0.1) is 0 Å². The standard InChI is InChI=1S/C27H25N3O3/c1-18-12-14-20(15-13-18)17-28-26(32)22-10-6-7-11-23(22)29-25(31)16-24-19(2)33-27(30-24)21-8-4-3-5-9-21/h3-15H,16-17H2,1-2H3,(H,28,32)(H,29,31). The Labute approximate surface area is 192 Å². The highest BCUT2D eigenvalue weighted by Crippen LogP contribution is 2.22. The second-order valence-corrected chi connectivity index (χ2v) is 7.83. The fourth-order valence-electron chi connectivity index (χ4n) is 3.42. The summed E-state index contributed by atoms with van der Waals surface area (Å²) in [6, 6.07) is 24.5. The third-order valence-corrected chi connectivity index (χ3v) is 5.26. The molecule has 0 aliphatic heterocycles. The summed E-state index contributed by atoms with van der Waals surface area (Å²) in [6.07, 6.45) is 0.0431. The zero-order valence-electron chi connectivity index (χ0n) is 18.6. The maximum Gasteiger partial charge on any atom is 0.253 e. The Bertz CT molecular complexity index is 1260. The van der Waals surface area contributed by atoms with Gasteiger partial charge in [0.1, 0.15) is 5.76 Å². The van der Waals surface area contributed by atoms with Crippen LogP contribution in [0.5, 0.6) is 0 Å². The summed E-state index contributed by atoms with van der Waals surface area (Å²) in [5, 5.41) is 5.75. The van der Waals surface area contributed by atoms with Crippen LogP contribution in [0.4, 0.5) is 5.69 Å². The molecular weight excluding hydrogens is 414 g/mol. The molecule has 0 aliphatic carbocycles. The van der Waals surface area contributed by atoms with Crippen LogP contribution < -0.4 is 10.6 Å².